The largest absolute Gasteiger partial charge is 0.272 e. The molecule has 0 heterocycles. The van der Waals surface area contributed by atoms with Crippen molar-refractivity contribution >= 4 is 11.3 Å². The summed E-state index contributed by atoms with van der Waals surface area (Å²) in [5.74, 6) is 0. The minimum absolute atomic E-state index is 0.0343. The molecular formula is C17H19NO2. The number of aryl methyl sites for hydroxylation is 1. The van der Waals surface area contributed by atoms with Crippen molar-refractivity contribution in [3.63, 3.8) is 0 Å². The molecular weight excluding hydrogens is 250 g/mol. The first-order valence-electron chi connectivity index (χ1n) is 6.79. The summed E-state index contributed by atoms with van der Waals surface area (Å²) >= 11 is 0. The van der Waals surface area contributed by atoms with Crippen molar-refractivity contribution in [1.82, 2.24) is 0 Å². The van der Waals surface area contributed by atoms with E-state index in [1.807, 2.05) is 31.2 Å². The van der Waals surface area contributed by atoms with Gasteiger partial charge in [0, 0.05) is 17.0 Å². The first-order valence-corrected chi connectivity index (χ1v) is 6.79. The van der Waals surface area contributed by atoms with Crippen LogP contribution in [-0.4, -0.2) is 4.92 Å². The third-order valence-corrected chi connectivity index (χ3v) is 3.48. The molecule has 0 bridgehead atoms. The van der Waals surface area contributed by atoms with Crippen LogP contribution in [0.5, 0.6) is 0 Å². The lowest BCUT2D eigenvalue weighted by Gasteiger charge is -2.12. The summed E-state index contributed by atoms with van der Waals surface area (Å²) in [6.07, 6.45) is 11.1. The lowest BCUT2D eigenvalue weighted by atomic mass is 9.92. The molecule has 2 rings (SSSR count). The molecule has 1 aliphatic carbocycles. The molecule has 0 amide bonds. The Balaban J connectivity index is 2.42. The number of nitrogens with zero attached hydrogens (tertiary/aromatic N) is 1. The Kier molecular flexibility index (Phi) is 3.89. The van der Waals surface area contributed by atoms with Crippen LogP contribution >= 0.6 is 0 Å². The van der Waals surface area contributed by atoms with Crippen LogP contribution < -0.4 is 0 Å². The van der Waals surface area contributed by atoms with Crippen molar-refractivity contribution in [2.75, 3.05) is 0 Å². The van der Waals surface area contributed by atoms with Gasteiger partial charge in [0.15, 0.2) is 0 Å². The number of allylic oxidation sites excluding steroid dienone is 6. The van der Waals surface area contributed by atoms with E-state index in [-0.39, 0.29) is 16.0 Å². The fraction of sp³-hybridized carbons (Fsp3) is 0.294. The maximum absolute atomic E-state index is 11.0. The molecule has 1 aromatic rings. The summed E-state index contributed by atoms with van der Waals surface area (Å²) in [5, 5.41) is 11.0. The summed E-state index contributed by atoms with van der Waals surface area (Å²) < 4.78 is 0. The Morgan fingerprint density at radius 3 is 2.65 bits per heavy atom. The SMILES string of the molecule is CCc1cc(C2=CC=CC(C)(C)C=C2)ccc1[N+](=O)[O-]. The van der Waals surface area contributed by atoms with Crippen molar-refractivity contribution in [2.45, 2.75) is 27.2 Å². The van der Waals surface area contributed by atoms with Crippen molar-refractivity contribution in [3.05, 3.63) is 69.8 Å². The molecule has 0 spiro atoms. The molecule has 3 heteroatoms. The van der Waals surface area contributed by atoms with Crippen LogP contribution in [0.3, 0.4) is 0 Å². The average Bonchev–Trinajstić information content (AvgIpc) is 2.59. The first kappa shape index (κ1) is 14.3. The number of nitro groups is 1. The highest BCUT2D eigenvalue weighted by Gasteiger charge is 2.15. The van der Waals surface area contributed by atoms with Crippen LogP contribution in [0.15, 0.2) is 48.6 Å². The molecule has 0 aromatic heterocycles. The van der Waals surface area contributed by atoms with Crippen LogP contribution in [-0.2, 0) is 6.42 Å². The predicted molar refractivity (Wildman–Crippen MR) is 82.5 cm³/mol. The summed E-state index contributed by atoms with van der Waals surface area (Å²) in [6.45, 7) is 6.22. The normalized spacial score (nSPS) is 16.6. The van der Waals surface area contributed by atoms with E-state index in [4.69, 9.17) is 0 Å². The molecule has 3 nitrogen and oxygen atoms in total. The second kappa shape index (κ2) is 5.45. The Morgan fingerprint density at radius 2 is 2.00 bits per heavy atom. The van der Waals surface area contributed by atoms with Crippen LogP contribution in [0.2, 0.25) is 0 Å². The van der Waals surface area contributed by atoms with Gasteiger partial charge in [0.05, 0.1) is 4.92 Å². The van der Waals surface area contributed by atoms with Gasteiger partial charge in [-0.25, -0.2) is 0 Å². The van der Waals surface area contributed by atoms with Crippen LogP contribution in [0, 0.1) is 15.5 Å². The zero-order valence-corrected chi connectivity index (χ0v) is 12.1. The minimum Gasteiger partial charge on any atom is -0.258 e. The van der Waals surface area contributed by atoms with Crippen LogP contribution in [0.25, 0.3) is 5.57 Å². The van der Waals surface area contributed by atoms with E-state index in [0.717, 1.165) is 16.7 Å². The number of hydrogen-bond acceptors (Lipinski definition) is 2. The highest BCUT2D eigenvalue weighted by atomic mass is 16.6. The molecule has 0 saturated heterocycles. The van der Waals surface area contributed by atoms with Gasteiger partial charge >= 0.3 is 0 Å². The van der Waals surface area contributed by atoms with Gasteiger partial charge in [-0.3, -0.25) is 10.1 Å². The number of rotatable bonds is 3. The third kappa shape index (κ3) is 3.05. The zero-order chi connectivity index (χ0) is 14.8. The molecule has 1 aromatic carbocycles. The fourth-order valence-corrected chi connectivity index (χ4v) is 2.23. The van der Waals surface area contributed by atoms with Crippen molar-refractivity contribution in [3.8, 4) is 0 Å². The van der Waals surface area contributed by atoms with Gasteiger partial charge in [0.25, 0.3) is 5.69 Å². The van der Waals surface area contributed by atoms with E-state index in [1.165, 1.54) is 0 Å². The molecule has 104 valence electrons. The van der Waals surface area contributed by atoms with E-state index in [0.29, 0.717) is 6.42 Å². The highest BCUT2D eigenvalue weighted by molar-refractivity contribution is 5.77. The van der Waals surface area contributed by atoms with E-state index in [2.05, 4.69) is 32.1 Å². The number of nitro benzene ring substituents is 1. The third-order valence-electron chi connectivity index (χ3n) is 3.48. The lowest BCUT2D eigenvalue weighted by Crippen LogP contribution is -2.00. The molecule has 20 heavy (non-hydrogen) atoms. The molecule has 0 fully saturated rings. The molecule has 1 aliphatic rings. The molecule has 0 N–H and O–H groups in total. The maximum atomic E-state index is 11.0. The van der Waals surface area contributed by atoms with Gasteiger partial charge in [-0.1, -0.05) is 51.2 Å². The standard InChI is InChI=1S/C17H19NO2/c1-4-13-12-15(7-8-16(13)18(19)20)14-6-5-10-17(2,3)11-9-14/h5-12H,4H2,1-3H3. The second-order valence-corrected chi connectivity index (χ2v) is 5.59. The molecule has 0 atom stereocenters. The van der Waals surface area contributed by atoms with Crippen molar-refractivity contribution in [2.24, 2.45) is 5.41 Å². The number of benzene rings is 1. The summed E-state index contributed by atoms with van der Waals surface area (Å²) in [6, 6.07) is 5.34. The van der Waals surface area contributed by atoms with Gasteiger partial charge in [-0.15, -0.1) is 0 Å². The van der Waals surface area contributed by atoms with Gasteiger partial charge in [-0.05, 0) is 29.7 Å². The molecule has 0 saturated carbocycles. The van der Waals surface area contributed by atoms with E-state index < -0.39 is 0 Å². The molecule has 0 aliphatic heterocycles. The van der Waals surface area contributed by atoms with Gasteiger partial charge in [0.1, 0.15) is 0 Å². The van der Waals surface area contributed by atoms with Gasteiger partial charge < -0.3 is 0 Å². The zero-order valence-electron chi connectivity index (χ0n) is 12.1. The lowest BCUT2D eigenvalue weighted by molar-refractivity contribution is -0.385. The van der Waals surface area contributed by atoms with Crippen LogP contribution in [0.1, 0.15) is 31.9 Å². The first-order chi connectivity index (χ1) is 9.43. The topological polar surface area (TPSA) is 43.1 Å². The fourth-order valence-electron chi connectivity index (χ4n) is 2.23. The highest BCUT2D eigenvalue weighted by Crippen LogP contribution is 2.29. The van der Waals surface area contributed by atoms with Crippen molar-refractivity contribution < 1.29 is 4.92 Å². The average molecular weight is 269 g/mol. The smallest absolute Gasteiger partial charge is 0.258 e. The van der Waals surface area contributed by atoms with Gasteiger partial charge in [0.2, 0.25) is 0 Å². The Bertz CT molecular complexity index is 622. The monoisotopic (exact) mass is 269 g/mol. The minimum atomic E-state index is -0.317. The summed E-state index contributed by atoms with van der Waals surface area (Å²) in [5.41, 5.74) is 3.11. The Hall–Kier alpha value is -2.16. The molecule has 0 radical (unpaired) electrons. The van der Waals surface area contributed by atoms with E-state index in [1.54, 1.807) is 6.07 Å². The van der Waals surface area contributed by atoms with E-state index in [9.17, 15) is 10.1 Å². The predicted octanol–water partition coefficient (Wildman–Crippen LogP) is 4.69. The molecule has 0 unspecified atom stereocenters. The second-order valence-electron chi connectivity index (χ2n) is 5.59. The van der Waals surface area contributed by atoms with Crippen LogP contribution in [0.4, 0.5) is 5.69 Å². The number of hydrogen-bond donors (Lipinski definition) is 0. The van der Waals surface area contributed by atoms with Gasteiger partial charge in [-0.2, -0.15) is 0 Å². The van der Waals surface area contributed by atoms with E-state index >= 15 is 0 Å². The Labute approximate surface area is 119 Å². The maximum Gasteiger partial charge on any atom is 0.272 e. The quantitative estimate of drug-likeness (QED) is 0.590. The summed E-state index contributed by atoms with van der Waals surface area (Å²) in [7, 11) is 0. The Morgan fingerprint density at radius 1 is 1.25 bits per heavy atom. The summed E-state index contributed by atoms with van der Waals surface area (Å²) in [4.78, 5) is 10.7. The van der Waals surface area contributed by atoms with Crippen molar-refractivity contribution in [1.29, 1.82) is 0 Å².